The summed E-state index contributed by atoms with van der Waals surface area (Å²) in [6.07, 6.45) is 0.650. The molecule has 1 heterocycles. The van der Waals surface area contributed by atoms with Gasteiger partial charge < -0.3 is 10.2 Å². The SMILES string of the molecule is CNC(=S)N(Cc1ccccc1)[C@@H]1CCS(=O)(=O)C1. The first-order chi connectivity index (χ1) is 9.02. The average molecular weight is 298 g/mol. The summed E-state index contributed by atoms with van der Waals surface area (Å²) in [7, 11) is -1.14. The number of thiocarbonyl (C=S) groups is 1. The zero-order valence-corrected chi connectivity index (χ0v) is 12.5. The van der Waals surface area contributed by atoms with Gasteiger partial charge in [0.2, 0.25) is 0 Å². The third-order valence-electron chi connectivity index (χ3n) is 3.32. The van der Waals surface area contributed by atoms with Crippen LogP contribution in [0.25, 0.3) is 0 Å². The molecule has 1 N–H and O–H groups in total. The first kappa shape index (κ1) is 14.3. The number of nitrogens with zero attached hydrogens (tertiary/aromatic N) is 1. The van der Waals surface area contributed by atoms with Gasteiger partial charge in [-0.25, -0.2) is 8.42 Å². The van der Waals surface area contributed by atoms with Crippen LogP contribution >= 0.6 is 12.2 Å². The minimum absolute atomic E-state index is 0.0230. The zero-order chi connectivity index (χ0) is 13.9. The number of rotatable bonds is 3. The van der Waals surface area contributed by atoms with E-state index in [-0.39, 0.29) is 17.5 Å². The van der Waals surface area contributed by atoms with E-state index in [1.807, 2.05) is 35.2 Å². The zero-order valence-electron chi connectivity index (χ0n) is 10.9. The van der Waals surface area contributed by atoms with Crippen LogP contribution in [0.5, 0.6) is 0 Å². The van der Waals surface area contributed by atoms with Crippen LogP contribution in [0, 0.1) is 0 Å². The van der Waals surface area contributed by atoms with Crippen molar-refractivity contribution in [3.8, 4) is 0 Å². The third-order valence-corrected chi connectivity index (χ3v) is 5.51. The lowest BCUT2D eigenvalue weighted by molar-refractivity contribution is 0.325. The van der Waals surface area contributed by atoms with Crippen LogP contribution < -0.4 is 5.32 Å². The van der Waals surface area contributed by atoms with E-state index in [9.17, 15) is 8.42 Å². The molecule has 1 saturated heterocycles. The van der Waals surface area contributed by atoms with E-state index in [0.717, 1.165) is 5.56 Å². The lowest BCUT2D eigenvalue weighted by Crippen LogP contribution is -2.44. The summed E-state index contributed by atoms with van der Waals surface area (Å²) >= 11 is 5.31. The van der Waals surface area contributed by atoms with Gasteiger partial charge in [-0.15, -0.1) is 0 Å². The third kappa shape index (κ3) is 3.67. The van der Waals surface area contributed by atoms with Crippen molar-refractivity contribution in [1.29, 1.82) is 0 Å². The highest BCUT2D eigenvalue weighted by molar-refractivity contribution is 7.91. The first-order valence-electron chi connectivity index (χ1n) is 6.24. The van der Waals surface area contributed by atoms with Crippen LogP contribution in [0.2, 0.25) is 0 Å². The monoisotopic (exact) mass is 298 g/mol. The molecule has 6 heteroatoms. The number of benzene rings is 1. The molecular formula is C13H18N2O2S2. The normalized spacial score (nSPS) is 21.0. The fraction of sp³-hybridized carbons (Fsp3) is 0.462. The molecule has 104 valence electrons. The van der Waals surface area contributed by atoms with Crippen molar-refractivity contribution in [2.24, 2.45) is 0 Å². The minimum Gasteiger partial charge on any atom is -0.366 e. The molecule has 0 aromatic heterocycles. The van der Waals surface area contributed by atoms with Gasteiger partial charge in [0, 0.05) is 19.6 Å². The Labute approximate surface area is 119 Å². The summed E-state index contributed by atoms with van der Waals surface area (Å²) in [6, 6.07) is 9.93. The van der Waals surface area contributed by atoms with Crippen molar-refractivity contribution in [1.82, 2.24) is 10.2 Å². The molecule has 0 bridgehead atoms. The molecule has 1 aliphatic heterocycles. The Morgan fingerprint density at radius 1 is 1.42 bits per heavy atom. The Morgan fingerprint density at radius 3 is 2.63 bits per heavy atom. The molecular weight excluding hydrogens is 280 g/mol. The molecule has 0 amide bonds. The summed E-state index contributed by atoms with van der Waals surface area (Å²) in [6.45, 7) is 0.640. The predicted molar refractivity (Wildman–Crippen MR) is 80.7 cm³/mol. The summed E-state index contributed by atoms with van der Waals surface area (Å²) in [5.41, 5.74) is 1.13. The Balaban J connectivity index is 2.15. The van der Waals surface area contributed by atoms with Gasteiger partial charge in [-0.3, -0.25) is 0 Å². The van der Waals surface area contributed by atoms with Crippen molar-refractivity contribution in [2.45, 2.75) is 19.0 Å². The molecule has 1 aromatic carbocycles. The van der Waals surface area contributed by atoms with Crippen molar-refractivity contribution in [3.63, 3.8) is 0 Å². The first-order valence-corrected chi connectivity index (χ1v) is 8.47. The van der Waals surface area contributed by atoms with Crippen LogP contribution in [-0.4, -0.2) is 43.0 Å². The molecule has 19 heavy (non-hydrogen) atoms. The lowest BCUT2D eigenvalue weighted by atomic mass is 10.1. The van der Waals surface area contributed by atoms with Gasteiger partial charge in [0.05, 0.1) is 11.5 Å². The van der Waals surface area contributed by atoms with Crippen LogP contribution in [0.4, 0.5) is 0 Å². The van der Waals surface area contributed by atoms with Crippen LogP contribution in [0.15, 0.2) is 30.3 Å². The van der Waals surface area contributed by atoms with Crippen molar-refractivity contribution in [2.75, 3.05) is 18.6 Å². The average Bonchev–Trinajstić information content (AvgIpc) is 2.76. The smallest absolute Gasteiger partial charge is 0.169 e. The number of hydrogen-bond acceptors (Lipinski definition) is 3. The van der Waals surface area contributed by atoms with E-state index in [2.05, 4.69) is 5.32 Å². The highest BCUT2D eigenvalue weighted by Gasteiger charge is 2.33. The Hall–Kier alpha value is -1.14. The number of hydrogen-bond donors (Lipinski definition) is 1. The molecule has 0 spiro atoms. The molecule has 1 fully saturated rings. The fourth-order valence-electron chi connectivity index (χ4n) is 2.31. The highest BCUT2D eigenvalue weighted by atomic mass is 32.2. The largest absolute Gasteiger partial charge is 0.366 e. The summed E-state index contributed by atoms with van der Waals surface area (Å²) in [5, 5.41) is 3.55. The molecule has 2 rings (SSSR count). The second-order valence-corrected chi connectivity index (χ2v) is 7.34. The predicted octanol–water partition coefficient (Wildman–Crippen LogP) is 1.18. The Bertz CT molecular complexity index is 543. The summed E-state index contributed by atoms with van der Waals surface area (Å²) < 4.78 is 23.2. The van der Waals surface area contributed by atoms with Gasteiger partial charge in [0.25, 0.3) is 0 Å². The highest BCUT2D eigenvalue weighted by Crippen LogP contribution is 2.20. The molecule has 0 radical (unpaired) electrons. The summed E-state index contributed by atoms with van der Waals surface area (Å²) in [4.78, 5) is 1.98. The van der Waals surface area contributed by atoms with Crippen molar-refractivity contribution >= 4 is 27.2 Å². The van der Waals surface area contributed by atoms with E-state index in [1.165, 1.54) is 0 Å². The van der Waals surface area contributed by atoms with E-state index < -0.39 is 9.84 Å². The lowest BCUT2D eigenvalue weighted by Gasteiger charge is -2.30. The van der Waals surface area contributed by atoms with Gasteiger partial charge in [0.1, 0.15) is 0 Å². The van der Waals surface area contributed by atoms with Gasteiger partial charge in [-0.2, -0.15) is 0 Å². The molecule has 0 unspecified atom stereocenters. The standard InChI is InChI=1S/C13H18N2O2S2/c1-14-13(18)15(9-11-5-3-2-4-6-11)12-7-8-19(16,17)10-12/h2-6,12H,7-10H2,1H3,(H,14,18)/t12-/m1/s1. The molecule has 0 saturated carbocycles. The molecule has 0 aliphatic carbocycles. The maximum atomic E-state index is 11.6. The Morgan fingerprint density at radius 2 is 2.11 bits per heavy atom. The molecule has 1 aromatic rings. The second kappa shape index (κ2) is 5.88. The fourth-order valence-corrected chi connectivity index (χ4v) is 4.26. The van der Waals surface area contributed by atoms with Crippen LogP contribution in [0.1, 0.15) is 12.0 Å². The molecule has 1 atom stereocenters. The van der Waals surface area contributed by atoms with Crippen LogP contribution in [-0.2, 0) is 16.4 Å². The van der Waals surface area contributed by atoms with E-state index >= 15 is 0 Å². The number of sulfone groups is 1. The minimum atomic E-state index is -2.90. The quantitative estimate of drug-likeness (QED) is 0.849. The Kier molecular flexibility index (Phi) is 4.42. The van der Waals surface area contributed by atoms with Gasteiger partial charge in [-0.05, 0) is 24.2 Å². The maximum Gasteiger partial charge on any atom is 0.169 e. The van der Waals surface area contributed by atoms with E-state index in [1.54, 1.807) is 7.05 Å². The van der Waals surface area contributed by atoms with Gasteiger partial charge >= 0.3 is 0 Å². The summed E-state index contributed by atoms with van der Waals surface area (Å²) in [5.74, 6) is 0.455. The molecule has 4 nitrogen and oxygen atoms in total. The van der Waals surface area contributed by atoms with Crippen molar-refractivity contribution < 1.29 is 8.42 Å². The van der Waals surface area contributed by atoms with Crippen LogP contribution in [0.3, 0.4) is 0 Å². The van der Waals surface area contributed by atoms with E-state index in [0.29, 0.717) is 18.1 Å². The second-order valence-electron chi connectivity index (χ2n) is 4.73. The van der Waals surface area contributed by atoms with Gasteiger partial charge in [-0.1, -0.05) is 30.3 Å². The van der Waals surface area contributed by atoms with E-state index in [4.69, 9.17) is 12.2 Å². The molecule has 1 aliphatic rings. The number of nitrogens with one attached hydrogen (secondary N) is 1. The van der Waals surface area contributed by atoms with Gasteiger partial charge in [0.15, 0.2) is 14.9 Å². The topological polar surface area (TPSA) is 49.4 Å². The maximum absolute atomic E-state index is 11.6. The van der Waals surface area contributed by atoms with Crippen molar-refractivity contribution in [3.05, 3.63) is 35.9 Å².